The molecule has 0 aliphatic carbocycles. The van der Waals surface area contributed by atoms with Gasteiger partial charge < -0.3 is 16.0 Å². The topological polar surface area (TPSA) is 70.2 Å². The fourth-order valence-electron chi connectivity index (χ4n) is 2.49. The lowest BCUT2D eigenvalue weighted by molar-refractivity contribution is -0.115. The number of carbonyl (C=O) groups excluding carboxylic acids is 2. The Balaban J connectivity index is 1.47. The molecule has 0 heterocycles. The van der Waals surface area contributed by atoms with Crippen molar-refractivity contribution >= 4 is 40.8 Å². The molecule has 3 aromatic rings. The highest BCUT2D eigenvalue weighted by molar-refractivity contribution is 7.99. The van der Waals surface area contributed by atoms with Gasteiger partial charge in [-0.3, -0.25) is 4.79 Å². The molecule has 6 heteroatoms. The van der Waals surface area contributed by atoms with Crippen molar-refractivity contribution in [1.29, 1.82) is 0 Å². The van der Waals surface area contributed by atoms with Crippen molar-refractivity contribution in [1.82, 2.24) is 0 Å². The Kier molecular flexibility index (Phi) is 7.09. The van der Waals surface area contributed by atoms with Gasteiger partial charge in [0, 0.05) is 34.1 Å². The van der Waals surface area contributed by atoms with Crippen LogP contribution in [-0.4, -0.2) is 17.7 Å². The number of thioether (sulfide) groups is 1. The molecule has 0 spiro atoms. The number of para-hydroxylation sites is 1. The van der Waals surface area contributed by atoms with Crippen molar-refractivity contribution in [2.45, 2.75) is 11.3 Å². The zero-order chi connectivity index (χ0) is 19.6. The summed E-state index contributed by atoms with van der Waals surface area (Å²) in [6, 6.07) is 25.9. The van der Waals surface area contributed by atoms with Crippen molar-refractivity contribution in [2.75, 3.05) is 21.7 Å². The van der Waals surface area contributed by atoms with E-state index in [9.17, 15) is 9.59 Å². The number of benzene rings is 3. The summed E-state index contributed by atoms with van der Waals surface area (Å²) in [7, 11) is 0. The van der Waals surface area contributed by atoms with E-state index in [1.54, 1.807) is 36.0 Å². The lowest BCUT2D eigenvalue weighted by Gasteiger charge is -2.10. The first kappa shape index (κ1) is 19.5. The minimum atomic E-state index is -0.339. The Labute approximate surface area is 168 Å². The number of hydrogen-bond acceptors (Lipinski definition) is 3. The minimum Gasteiger partial charge on any atom is -0.326 e. The summed E-state index contributed by atoms with van der Waals surface area (Å²) in [6.45, 7) is 0. The van der Waals surface area contributed by atoms with Gasteiger partial charge in [0.2, 0.25) is 5.91 Å². The molecule has 0 unspecified atom stereocenters. The van der Waals surface area contributed by atoms with Crippen molar-refractivity contribution in [2.24, 2.45) is 0 Å². The standard InChI is InChI=1S/C22H21N3O2S/c26-21(14-15-28-20-12-5-2-6-13-20)23-18-10-7-11-19(16-18)25-22(27)24-17-8-3-1-4-9-17/h1-13,16H,14-15H2,(H,23,26)(H2,24,25,27). The quantitative estimate of drug-likeness (QED) is 0.469. The molecule has 0 aromatic heterocycles. The van der Waals surface area contributed by atoms with Crippen molar-refractivity contribution in [3.8, 4) is 0 Å². The van der Waals surface area contributed by atoms with E-state index in [-0.39, 0.29) is 11.9 Å². The highest BCUT2D eigenvalue weighted by atomic mass is 32.2. The Morgan fingerprint density at radius 2 is 1.25 bits per heavy atom. The van der Waals surface area contributed by atoms with E-state index in [2.05, 4.69) is 16.0 Å². The first-order chi connectivity index (χ1) is 13.7. The SMILES string of the molecule is O=C(CCSc1ccccc1)Nc1cccc(NC(=O)Nc2ccccc2)c1. The molecule has 28 heavy (non-hydrogen) atoms. The van der Waals surface area contributed by atoms with Gasteiger partial charge in [-0.05, 0) is 42.5 Å². The van der Waals surface area contributed by atoms with Crippen LogP contribution in [0.15, 0.2) is 89.8 Å². The second-order valence-electron chi connectivity index (χ2n) is 5.99. The fraction of sp³-hybridized carbons (Fsp3) is 0.0909. The maximum Gasteiger partial charge on any atom is 0.323 e. The van der Waals surface area contributed by atoms with E-state index in [0.29, 0.717) is 29.2 Å². The molecule has 3 rings (SSSR count). The second kappa shape index (κ2) is 10.2. The summed E-state index contributed by atoms with van der Waals surface area (Å²) in [5.74, 6) is 0.641. The third-order valence-corrected chi connectivity index (χ3v) is 4.79. The molecule has 3 aromatic carbocycles. The van der Waals surface area contributed by atoms with Gasteiger partial charge >= 0.3 is 6.03 Å². The molecule has 0 saturated heterocycles. The van der Waals surface area contributed by atoms with Crippen LogP contribution in [-0.2, 0) is 4.79 Å². The van der Waals surface area contributed by atoms with Gasteiger partial charge in [-0.1, -0.05) is 42.5 Å². The lowest BCUT2D eigenvalue weighted by Crippen LogP contribution is -2.19. The van der Waals surface area contributed by atoms with Crippen LogP contribution >= 0.6 is 11.8 Å². The number of urea groups is 1. The third kappa shape index (κ3) is 6.48. The highest BCUT2D eigenvalue weighted by Crippen LogP contribution is 2.19. The van der Waals surface area contributed by atoms with E-state index in [1.165, 1.54) is 0 Å². The molecular weight excluding hydrogens is 370 g/mol. The zero-order valence-electron chi connectivity index (χ0n) is 15.2. The van der Waals surface area contributed by atoms with Crippen LogP contribution in [0.3, 0.4) is 0 Å². The molecule has 0 radical (unpaired) electrons. The number of rotatable bonds is 7. The number of nitrogens with one attached hydrogen (secondary N) is 3. The third-order valence-electron chi connectivity index (χ3n) is 3.78. The maximum atomic E-state index is 12.2. The van der Waals surface area contributed by atoms with Gasteiger partial charge in [-0.25, -0.2) is 4.79 Å². The van der Waals surface area contributed by atoms with Gasteiger partial charge in [0.1, 0.15) is 0 Å². The number of carbonyl (C=O) groups is 2. The molecule has 142 valence electrons. The van der Waals surface area contributed by atoms with Crippen LogP contribution in [0.4, 0.5) is 21.9 Å². The molecule has 0 saturated carbocycles. The molecule has 3 amide bonds. The smallest absolute Gasteiger partial charge is 0.323 e. The Morgan fingerprint density at radius 3 is 1.96 bits per heavy atom. The summed E-state index contributed by atoms with van der Waals surface area (Å²) < 4.78 is 0. The van der Waals surface area contributed by atoms with Gasteiger partial charge in [0.15, 0.2) is 0 Å². The second-order valence-corrected chi connectivity index (χ2v) is 7.15. The van der Waals surface area contributed by atoms with Crippen molar-refractivity contribution in [3.05, 3.63) is 84.9 Å². The molecule has 0 fully saturated rings. The fourth-order valence-corrected chi connectivity index (χ4v) is 3.36. The molecule has 0 aliphatic heterocycles. The van der Waals surface area contributed by atoms with Crippen LogP contribution < -0.4 is 16.0 Å². The number of hydrogen-bond donors (Lipinski definition) is 3. The van der Waals surface area contributed by atoms with Gasteiger partial charge in [0.25, 0.3) is 0 Å². The van der Waals surface area contributed by atoms with Crippen LogP contribution in [0, 0.1) is 0 Å². The minimum absolute atomic E-state index is 0.0608. The van der Waals surface area contributed by atoms with Crippen molar-refractivity contribution in [3.63, 3.8) is 0 Å². The Bertz CT molecular complexity index is 917. The molecule has 0 bridgehead atoms. The molecular formula is C22H21N3O2S. The molecule has 0 aliphatic rings. The van der Waals surface area contributed by atoms with E-state index in [0.717, 1.165) is 4.90 Å². The summed E-state index contributed by atoms with van der Waals surface area (Å²) >= 11 is 1.65. The van der Waals surface area contributed by atoms with Gasteiger partial charge in [0.05, 0.1) is 0 Å². The molecule has 5 nitrogen and oxygen atoms in total. The van der Waals surface area contributed by atoms with E-state index >= 15 is 0 Å². The van der Waals surface area contributed by atoms with E-state index < -0.39 is 0 Å². The van der Waals surface area contributed by atoms with Gasteiger partial charge in [-0.2, -0.15) is 0 Å². The lowest BCUT2D eigenvalue weighted by atomic mass is 10.2. The monoisotopic (exact) mass is 391 g/mol. The largest absolute Gasteiger partial charge is 0.326 e. The molecule has 3 N–H and O–H groups in total. The van der Waals surface area contributed by atoms with E-state index in [4.69, 9.17) is 0 Å². The van der Waals surface area contributed by atoms with Crippen LogP contribution in [0.5, 0.6) is 0 Å². The van der Waals surface area contributed by atoms with Crippen LogP contribution in [0.2, 0.25) is 0 Å². The normalized spacial score (nSPS) is 10.1. The first-order valence-corrected chi connectivity index (χ1v) is 9.88. The predicted molar refractivity (Wildman–Crippen MR) is 116 cm³/mol. The average molecular weight is 391 g/mol. The summed E-state index contributed by atoms with van der Waals surface area (Å²) in [5, 5.41) is 8.38. The Hall–Kier alpha value is -3.25. The number of anilines is 3. The maximum absolute atomic E-state index is 12.2. The summed E-state index contributed by atoms with van der Waals surface area (Å²) in [4.78, 5) is 25.4. The van der Waals surface area contributed by atoms with Gasteiger partial charge in [-0.15, -0.1) is 11.8 Å². The summed E-state index contributed by atoms with van der Waals surface area (Å²) in [6.07, 6.45) is 0.408. The van der Waals surface area contributed by atoms with Crippen LogP contribution in [0.1, 0.15) is 6.42 Å². The Morgan fingerprint density at radius 1 is 0.679 bits per heavy atom. The highest BCUT2D eigenvalue weighted by Gasteiger charge is 2.06. The zero-order valence-corrected chi connectivity index (χ0v) is 16.0. The predicted octanol–water partition coefficient (Wildman–Crippen LogP) is 5.45. The summed E-state index contributed by atoms with van der Waals surface area (Å²) in [5.41, 5.74) is 1.96. The van der Waals surface area contributed by atoms with Crippen molar-refractivity contribution < 1.29 is 9.59 Å². The van der Waals surface area contributed by atoms with E-state index in [1.807, 2.05) is 60.7 Å². The number of amides is 3. The van der Waals surface area contributed by atoms with Crippen LogP contribution in [0.25, 0.3) is 0 Å². The average Bonchev–Trinajstić information content (AvgIpc) is 2.70. The first-order valence-electron chi connectivity index (χ1n) is 8.90. The molecule has 0 atom stereocenters.